The van der Waals surface area contributed by atoms with Gasteiger partial charge in [0.2, 0.25) is 0 Å². The first-order valence-corrected chi connectivity index (χ1v) is 25.0. The Morgan fingerprint density at radius 1 is 1.04 bits per heavy atom. The van der Waals surface area contributed by atoms with Crippen molar-refractivity contribution in [2.75, 3.05) is 38.6 Å². The highest BCUT2D eigenvalue weighted by Gasteiger charge is 2.50. The van der Waals surface area contributed by atoms with E-state index >= 15 is 0 Å². The minimum absolute atomic E-state index is 0.00696. The van der Waals surface area contributed by atoms with Crippen molar-refractivity contribution in [2.24, 2.45) is 51.2 Å². The lowest BCUT2D eigenvalue weighted by molar-refractivity contribution is -0.384. The molecule has 1 saturated heterocycles. The molecule has 8 rings (SSSR count). The van der Waals surface area contributed by atoms with Crippen LogP contribution < -0.4 is 32.3 Å². The summed E-state index contributed by atoms with van der Waals surface area (Å²) in [5.74, 6) is 0.0343. The number of ether oxygens (including phenoxy) is 4. The number of piperidine rings is 1. The zero-order chi connectivity index (χ0) is 54.1. The fourth-order valence-corrected chi connectivity index (χ4v) is 10.5. The summed E-state index contributed by atoms with van der Waals surface area (Å²) < 4.78 is 24.6. The molecule has 5 bridgehead atoms. The molecule has 3 aromatic carbocycles. The van der Waals surface area contributed by atoms with Crippen LogP contribution in [0.5, 0.6) is 17.2 Å². The lowest BCUT2D eigenvalue weighted by Crippen LogP contribution is -2.46. The van der Waals surface area contributed by atoms with Gasteiger partial charge in [-0.1, -0.05) is 59.8 Å². The van der Waals surface area contributed by atoms with E-state index in [2.05, 4.69) is 24.1 Å². The van der Waals surface area contributed by atoms with Crippen LogP contribution in [0, 0.1) is 46.6 Å². The van der Waals surface area contributed by atoms with E-state index in [4.69, 9.17) is 40.5 Å². The lowest BCUT2D eigenvalue weighted by atomic mass is 9.79. The molecule has 3 unspecified atom stereocenters. The number of hydrazine groups is 1. The number of nitro benzene ring substituents is 1. The number of nitrogens with zero attached hydrogens (tertiary/aromatic N) is 5. The highest BCUT2D eigenvalue weighted by atomic mass is 16.7. The summed E-state index contributed by atoms with van der Waals surface area (Å²) in [5.41, 5.74) is 6.07. The second-order valence-electron chi connectivity index (χ2n) is 20.9. The SMILES string of the molecule is CO[C@H]1/C=C/OC2(C)Oc3c(C)c(O)c4c(O)c(c5c(c4c3C2=O)=NC2(CCN(CC(C)C)CC2)N=5)NC(=O)/C(C)=C\C=C\C(C)C[C@@H](C)C(O)[C@@H](C)[C@H](OC(=O)CN(N)/C=C(\N)c2ccc([N+](=O)[O-])cc2)[C@@H]1C. The van der Waals surface area contributed by atoms with Gasteiger partial charge < -0.3 is 55.2 Å². The van der Waals surface area contributed by atoms with Crippen molar-refractivity contribution >= 4 is 45.5 Å². The molecule has 0 aliphatic carbocycles. The Morgan fingerprint density at radius 2 is 1.70 bits per heavy atom. The van der Waals surface area contributed by atoms with Crippen molar-refractivity contribution in [3.63, 3.8) is 0 Å². The summed E-state index contributed by atoms with van der Waals surface area (Å²) in [6.07, 6.45) is 8.07. The maximum atomic E-state index is 14.9. The molecule has 74 heavy (non-hydrogen) atoms. The first-order valence-electron chi connectivity index (χ1n) is 25.0. The van der Waals surface area contributed by atoms with E-state index < -0.39 is 76.5 Å². The molecule has 398 valence electrons. The Morgan fingerprint density at radius 3 is 2.34 bits per heavy atom. The van der Waals surface area contributed by atoms with Crippen molar-refractivity contribution < 1.29 is 53.6 Å². The Labute approximate surface area is 430 Å². The number of rotatable bonds is 9. The number of likely N-dealkylation sites (tertiary alicyclic amines) is 1. The highest BCUT2D eigenvalue weighted by Crippen LogP contribution is 2.50. The second-order valence-corrected chi connectivity index (χ2v) is 20.9. The number of esters is 1. The Bertz CT molecular complexity index is 2950. The maximum absolute atomic E-state index is 14.9. The molecule has 1 spiro atoms. The predicted molar refractivity (Wildman–Crippen MR) is 277 cm³/mol. The number of carbonyl (C=O) groups excluding carboxylic acids is 3. The number of allylic oxidation sites excluding steroid dienone is 3. The van der Waals surface area contributed by atoms with Crippen molar-refractivity contribution in [3.05, 3.63) is 104 Å². The van der Waals surface area contributed by atoms with Crippen LogP contribution in [0.2, 0.25) is 0 Å². The van der Waals surface area contributed by atoms with Crippen LogP contribution in [0.1, 0.15) is 96.1 Å². The number of phenols is 2. The zero-order valence-corrected chi connectivity index (χ0v) is 43.7. The van der Waals surface area contributed by atoms with E-state index in [0.717, 1.165) is 11.6 Å². The lowest BCUT2D eigenvalue weighted by Gasteiger charge is -2.37. The van der Waals surface area contributed by atoms with Gasteiger partial charge in [0.15, 0.2) is 11.4 Å². The topological polar surface area (TPSA) is 287 Å². The highest BCUT2D eigenvalue weighted by molar-refractivity contribution is 6.19. The van der Waals surface area contributed by atoms with Crippen LogP contribution in [0.25, 0.3) is 16.5 Å². The fraction of sp³-hybridized carbons (Fsp3) is 0.500. The van der Waals surface area contributed by atoms with Gasteiger partial charge in [-0.15, -0.1) is 0 Å². The number of phenolic OH excluding ortho intramolecular Hbond substituents is 2. The minimum Gasteiger partial charge on any atom is -0.507 e. The van der Waals surface area contributed by atoms with Gasteiger partial charge in [-0.3, -0.25) is 34.5 Å². The number of nitrogens with two attached hydrogens (primary N) is 2. The first-order chi connectivity index (χ1) is 34.9. The molecule has 20 heteroatoms. The number of methoxy groups -OCH3 is 1. The number of nitrogens with one attached hydrogen (secondary N) is 1. The molecule has 3 aromatic rings. The number of ketones is 1. The quantitative estimate of drug-likeness (QED) is 0.0485. The molecule has 5 aliphatic rings. The molecule has 8 atom stereocenters. The van der Waals surface area contributed by atoms with E-state index in [1.807, 2.05) is 19.9 Å². The number of carbonyl (C=O) groups is 3. The number of Topliss-reactive ketones (excluding diaryl/α,β-unsaturated/α-hetero) is 1. The molecule has 8 N–H and O–H groups in total. The van der Waals surface area contributed by atoms with Crippen LogP contribution in [0.3, 0.4) is 0 Å². The number of aliphatic hydroxyl groups is 1. The average molecular weight is 1020 g/mol. The smallest absolute Gasteiger partial charge is 0.327 e. The third-order valence-corrected chi connectivity index (χ3v) is 14.6. The Kier molecular flexibility index (Phi) is 16.3. The maximum Gasteiger partial charge on any atom is 0.327 e. The molecule has 1 fully saturated rings. The Balaban J connectivity index is 1.27. The van der Waals surface area contributed by atoms with Crippen LogP contribution in [-0.4, -0.2) is 111 Å². The first kappa shape index (κ1) is 54.9. The molecule has 5 aliphatic heterocycles. The number of anilines is 1. The summed E-state index contributed by atoms with van der Waals surface area (Å²) in [7, 11) is 1.45. The molecule has 1 amide bonds. The standard InChI is InChI=1S/C54H70N8O12/c1-28(2)25-60-21-19-54(20-22-60)58-43-40-41-47(65)34(8)50-42(40)51(67)53(9,74-50)72-23-18-38(71-10)32(6)49(73-39(63)27-61(56)26-37(55)35-14-16-36(17-15-35)62(69)70)33(7)46(64)31(5)24-29(3)12-11-13-30(4)52(68)57-45(48(41)66)44(43)59-54/h11-18,23,26,28-29,31-33,38,46,49,64-66H,19-22,24-25,27,55-56H2,1-10H3,(H,57,68)/b12-11+,23-18+,30-13-,37-26-/t29?,31-,32-,33-,38+,46?,49-,53?/m1/s1. The van der Waals surface area contributed by atoms with Gasteiger partial charge in [-0.25, -0.2) is 5.84 Å². The van der Waals surface area contributed by atoms with E-state index in [-0.39, 0.29) is 78.6 Å². The van der Waals surface area contributed by atoms with Gasteiger partial charge in [-0.05, 0) is 61.8 Å². The van der Waals surface area contributed by atoms with Gasteiger partial charge in [0.1, 0.15) is 35.2 Å². The van der Waals surface area contributed by atoms with Gasteiger partial charge in [-0.2, -0.15) is 0 Å². The summed E-state index contributed by atoms with van der Waals surface area (Å²) in [4.78, 5) is 66.1. The molecular formula is C54H70N8O12. The van der Waals surface area contributed by atoms with E-state index in [1.165, 1.54) is 56.8 Å². The van der Waals surface area contributed by atoms with Crippen LogP contribution in [0.4, 0.5) is 11.4 Å². The van der Waals surface area contributed by atoms with Crippen LogP contribution in [-0.2, 0) is 23.8 Å². The number of benzene rings is 3. The van der Waals surface area contributed by atoms with E-state index in [0.29, 0.717) is 43.8 Å². The average Bonchev–Trinajstić information content (AvgIpc) is 3.85. The fourth-order valence-electron chi connectivity index (χ4n) is 10.5. The third-order valence-electron chi connectivity index (χ3n) is 14.6. The molecule has 0 aromatic heterocycles. The molecule has 0 saturated carbocycles. The zero-order valence-electron chi connectivity index (χ0n) is 43.7. The molecular weight excluding hydrogens is 953 g/mol. The number of aliphatic hydroxyl groups excluding tert-OH is 1. The van der Waals surface area contributed by atoms with Gasteiger partial charge >= 0.3 is 11.8 Å². The van der Waals surface area contributed by atoms with Crippen LogP contribution >= 0.6 is 0 Å². The van der Waals surface area contributed by atoms with E-state index in [1.54, 1.807) is 39.8 Å². The largest absolute Gasteiger partial charge is 0.507 e. The summed E-state index contributed by atoms with van der Waals surface area (Å²) in [6.45, 7) is 18.1. The van der Waals surface area contributed by atoms with Crippen molar-refractivity contribution in [3.8, 4) is 17.2 Å². The van der Waals surface area contributed by atoms with Gasteiger partial charge in [0, 0.05) is 93.2 Å². The van der Waals surface area contributed by atoms with Crippen LogP contribution in [0.15, 0.2) is 76.6 Å². The summed E-state index contributed by atoms with van der Waals surface area (Å²) in [5, 5.41) is 51.5. The number of nitro groups is 1. The minimum atomic E-state index is -2.02. The number of non-ortho nitro benzene ring substituents is 1. The van der Waals surface area contributed by atoms with Gasteiger partial charge in [0.25, 0.3) is 17.4 Å². The number of amides is 1. The predicted octanol–water partition coefficient (Wildman–Crippen LogP) is 5.80. The molecule has 0 radical (unpaired) electrons. The number of hydrogen-bond acceptors (Lipinski definition) is 18. The third kappa shape index (κ3) is 11.1. The van der Waals surface area contributed by atoms with Crippen molar-refractivity contribution in [2.45, 2.75) is 111 Å². The number of fused-ring (bicyclic) bond motifs is 13. The van der Waals surface area contributed by atoms with Crippen molar-refractivity contribution in [1.29, 1.82) is 0 Å². The normalized spacial score (nSPS) is 28.1. The second kappa shape index (κ2) is 21.9. The Hall–Kier alpha value is -6.87. The molecule has 20 nitrogen and oxygen atoms in total. The summed E-state index contributed by atoms with van der Waals surface area (Å²) >= 11 is 0. The van der Waals surface area contributed by atoms with Gasteiger partial charge in [0.05, 0.1) is 45.4 Å². The molecule has 5 heterocycles. The number of hydrogen-bond donors (Lipinski definition) is 6. The summed E-state index contributed by atoms with van der Waals surface area (Å²) in [6, 6.07) is 5.50. The van der Waals surface area contributed by atoms with Crippen molar-refractivity contribution in [1.82, 2.24) is 9.91 Å². The monoisotopic (exact) mass is 1020 g/mol. The van der Waals surface area contributed by atoms with E-state index in [9.17, 15) is 39.8 Å². The number of aromatic hydroxyl groups is 2.